The normalized spacial score (nSPS) is 13.5. The summed E-state index contributed by atoms with van der Waals surface area (Å²) in [7, 11) is 0. The van der Waals surface area contributed by atoms with Crippen molar-refractivity contribution in [2.75, 3.05) is 11.9 Å². The first-order valence-electron chi connectivity index (χ1n) is 9.80. The zero-order valence-corrected chi connectivity index (χ0v) is 17.1. The molecule has 0 saturated heterocycles. The largest absolute Gasteiger partial charge is 0.354 e. The van der Waals surface area contributed by atoms with Crippen LogP contribution in [0, 0.1) is 12.8 Å². The van der Waals surface area contributed by atoms with E-state index in [-0.39, 0.29) is 5.56 Å². The second kappa shape index (κ2) is 7.50. The van der Waals surface area contributed by atoms with Gasteiger partial charge < -0.3 is 10.3 Å². The number of anilines is 1. The summed E-state index contributed by atoms with van der Waals surface area (Å²) >= 11 is 6.54. The Morgan fingerprint density at radius 1 is 1.13 bits per heavy atom. The van der Waals surface area contributed by atoms with Crippen LogP contribution in [0.5, 0.6) is 0 Å². The third-order valence-electron chi connectivity index (χ3n) is 5.15. The molecular formula is C22H19ClN6O. The van der Waals surface area contributed by atoms with E-state index in [0.29, 0.717) is 33.7 Å². The Balaban J connectivity index is 1.49. The summed E-state index contributed by atoms with van der Waals surface area (Å²) in [6, 6.07) is 7.28. The average molecular weight is 419 g/mol. The highest BCUT2D eigenvalue weighted by Gasteiger charge is 2.21. The standard InChI is InChI=1S/C22H19ClN6O/c1-12-8-24-11-19(27-12)14-4-5-16(18(23)7-14)17-6-15-10-26-22(25-9-13-2-3-13)29-20(15)28-21(17)30/h4-8,10-11,13H,2-3,9H2,1H3,(H2,25,26,28,29,30). The number of benzene rings is 1. The van der Waals surface area contributed by atoms with E-state index in [4.69, 9.17) is 11.6 Å². The van der Waals surface area contributed by atoms with Crippen molar-refractivity contribution in [3.8, 4) is 22.4 Å². The maximum atomic E-state index is 12.8. The van der Waals surface area contributed by atoms with Crippen LogP contribution in [0.3, 0.4) is 0 Å². The lowest BCUT2D eigenvalue weighted by Crippen LogP contribution is -2.12. The van der Waals surface area contributed by atoms with Crippen molar-refractivity contribution in [2.24, 2.45) is 5.92 Å². The molecule has 30 heavy (non-hydrogen) atoms. The first-order chi connectivity index (χ1) is 14.6. The molecule has 1 aliphatic rings. The van der Waals surface area contributed by atoms with Gasteiger partial charge in [0.25, 0.3) is 5.56 Å². The van der Waals surface area contributed by atoms with E-state index in [9.17, 15) is 4.79 Å². The molecule has 3 heterocycles. The third-order valence-corrected chi connectivity index (χ3v) is 5.46. The van der Waals surface area contributed by atoms with Crippen LogP contribution < -0.4 is 10.9 Å². The van der Waals surface area contributed by atoms with E-state index in [2.05, 4.69) is 30.2 Å². The molecule has 1 aromatic carbocycles. The molecule has 0 aliphatic heterocycles. The summed E-state index contributed by atoms with van der Waals surface area (Å²) in [6.45, 7) is 2.75. The number of nitrogens with zero attached hydrogens (tertiary/aromatic N) is 4. The lowest BCUT2D eigenvalue weighted by atomic mass is 10.0. The Kier molecular flexibility index (Phi) is 4.67. The zero-order valence-electron chi connectivity index (χ0n) is 16.3. The summed E-state index contributed by atoms with van der Waals surface area (Å²) in [6.07, 6.45) is 7.59. The summed E-state index contributed by atoms with van der Waals surface area (Å²) in [5.74, 6) is 1.24. The van der Waals surface area contributed by atoms with Gasteiger partial charge in [0.15, 0.2) is 0 Å². The van der Waals surface area contributed by atoms with Crippen LogP contribution in [0.2, 0.25) is 5.02 Å². The van der Waals surface area contributed by atoms with Crippen molar-refractivity contribution in [3.05, 3.63) is 63.9 Å². The smallest absolute Gasteiger partial charge is 0.257 e. The predicted molar refractivity (Wildman–Crippen MR) is 118 cm³/mol. The van der Waals surface area contributed by atoms with Gasteiger partial charge in [-0.2, -0.15) is 4.98 Å². The highest BCUT2D eigenvalue weighted by Crippen LogP contribution is 2.31. The molecule has 1 aliphatic carbocycles. The fraction of sp³-hybridized carbons (Fsp3) is 0.227. The Morgan fingerprint density at radius 3 is 2.77 bits per heavy atom. The maximum absolute atomic E-state index is 12.8. The first kappa shape index (κ1) is 18.7. The van der Waals surface area contributed by atoms with Gasteiger partial charge in [0.05, 0.1) is 17.6 Å². The number of hydrogen-bond donors (Lipinski definition) is 2. The van der Waals surface area contributed by atoms with Crippen LogP contribution in [0.15, 0.2) is 47.7 Å². The summed E-state index contributed by atoms with van der Waals surface area (Å²) in [5.41, 5.74) is 3.75. The molecular weight excluding hydrogens is 400 g/mol. The van der Waals surface area contributed by atoms with E-state index in [1.54, 1.807) is 30.7 Å². The predicted octanol–water partition coefficient (Wildman–Crippen LogP) is 4.23. The van der Waals surface area contributed by atoms with E-state index in [1.165, 1.54) is 12.8 Å². The molecule has 3 aromatic heterocycles. The van der Waals surface area contributed by atoms with Crippen LogP contribution in [0.1, 0.15) is 18.5 Å². The van der Waals surface area contributed by atoms with Crippen molar-refractivity contribution in [1.29, 1.82) is 0 Å². The molecule has 5 rings (SSSR count). The zero-order chi connectivity index (χ0) is 20.7. The molecule has 0 spiro atoms. The molecule has 0 radical (unpaired) electrons. The molecule has 0 atom stereocenters. The molecule has 1 saturated carbocycles. The number of aromatic amines is 1. The molecule has 4 aromatic rings. The van der Waals surface area contributed by atoms with E-state index in [0.717, 1.165) is 28.9 Å². The van der Waals surface area contributed by atoms with Gasteiger partial charge in [-0.3, -0.25) is 9.78 Å². The van der Waals surface area contributed by atoms with Gasteiger partial charge in [-0.25, -0.2) is 9.97 Å². The van der Waals surface area contributed by atoms with Crippen LogP contribution in [0.4, 0.5) is 5.95 Å². The molecule has 0 bridgehead atoms. The number of fused-ring (bicyclic) bond motifs is 1. The van der Waals surface area contributed by atoms with Gasteiger partial charge in [-0.15, -0.1) is 0 Å². The fourth-order valence-electron chi connectivity index (χ4n) is 3.33. The number of aromatic nitrogens is 5. The lowest BCUT2D eigenvalue weighted by molar-refractivity contribution is 0.875. The Labute approximate surface area is 177 Å². The lowest BCUT2D eigenvalue weighted by Gasteiger charge is -2.09. The number of rotatable bonds is 5. The number of H-pyrrole nitrogens is 1. The van der Waals surface area contributed by atoms with E-state index < -0.39 is 0 Å². The summed E-state index contributed by atoms with van der Waals surface area (Å²) in [4.78, 5) is 33.0. The van der Waals surface area contributed by atoms with Crippen molar-refractivity contribution in [2.45, 2.75) is 19.8 Å². The first-order valence-corrected chi connectivity index (χ1v) is 10.2. The Morgan fingerprint density at radius 2 is 2.00 bits per heavy atom. The third kappa shape index (κ3) is 3.76. The van der Waals surface area contributed by atoms with Gasteiger partial charge >= 0.3 is 0 Å². The van der Waals surface area contributed by atoms with Crippen molar-refractivity contribution in [3.63, 3.8) is 0 Å². The minimum Gasteiger partial charge on any atom is -0.354 e. The average Bonchev–Trinajstić information content (AvgIpc) is 3.56. The van der Waals surface area contributed by atoms with Gasteiger partial charge in [0, 0.05) is 46.0 Å². The molecule has 0 amide bonds. The van der Waals surface area contributed by atoms with E-state index in [1.807, 2.05) is 19.1 Å². The second-order valence-electron chi connectivity index (χ2n) is 7.57. The minimum absolute atomic E-state index is 0.251. The van der Waals surface area contributed by atoms with Crippen molar-refractivity contribution in [1.82, 2.24) is 24.9 Å². The van der Waals surface area contributed by atoms with Crippen LogP contribution in [0.25, 0.3) is 33.4 Å². The van der Waals surface area contributed by atoms with Gasteiger partial charge in [0.1, 0.15) is 5.65 Å². The Hall–Kier alpha value is -3.32. The molecule has 8 heteroatoms. The van der Waals surface area contributed by atoms with Crippen LogP contribution >= 0.6 is 11.6 Å². The van der Waals surface area contributed by atoms with Crippen molar-refractivity contribution < 1.29 is 0 Å². The number of nitrogens with one attached hydrogen (secondary N) is 2. The minimum atomic E-state index is -0.251. The van der Waals surface area contributed by atoms with Crippen LogP contribution in [-0.2, 0) is 0 Å². The topological polar surface area (TPSA) is 96.5 Å². The highest BCUT2D eigenvalue weighted by molar-refractivity contribution is 6.33. The number of aryl methyl sites for hydroxylation is 1. The quantitative estimate of drug-likeness (QED) is 0.503. The summed E-state index contributed by atoms with van der Waals surface area (Å²) in [5, 5.41) is 4.43. The summed E-state index contributed by atoms with van der Waals surface area (Å²) < 4.78 is 0. The van der Waals surface area contributed by atoms with Gasteiger partial charge in [-0.1, -0.05) is 23.7 Å². The number of hydrogen-bond acceptors (Lipinski definition) is 6. The monoisotopic (exact) mass is 418 g/mol. The molecule has 2 N–H and O–H groups in total. The molecule has 7 nitrogen and oxygen atoms in total. The Bertz CT molecular complexity index is 1310. The second-order valence-corrected chi connectivity index (χ2v) is 7.98. The SMILES string of the molecule is Cc1cncc(-c2ccc(-c3cc4cnc(NCC5CC5)nc4[nH]c3=O)c(Cl)c2)n1. The molecule has 150 valence electrons. The van der Waals surface area contributed by atoms with Crippen molar-refractivity contribution >= 4 is 28.6 Å². The van der Waals surface area contributed by atoms with Gasteiger partial charge in [-0.05, 0) is 37.8 Å². The maximum Gasteiger partial charge on any atom is 0.257 e. The fourth-order valence-corrected chi connectivity index (χ4v) is 3.61. The highest BCUT2D eigenvalue weighted by atomic mass is 35.5. The number of halogens is 1. The molecule has 1 fully saturated rings. The molecule has 0 unspecified atom stereocenters. The van der Waals surface area contributed by atoms with E-state index >= 15 is 0 Å². The number of pyridine rings is 1. The van der Waals surface area contributed by atoms with Crippen LogP contribution in [-0.4, -0.2) is 31.5 Å². The van der Waals surface area contributed by atoms with Gasteiger partial charge in [0.2, 0.25) is 5.95 Å².